The Balaban J connectivity index is 1.99. The number of non-ortho nitro benzene ring substituents is 1. The zero-order chi connectivity index (χ0) is 11.5. The molecule has 0 unspecified atom stereocenters. The third kappa shape index (κ3) is 2.17. The van der Waals surface area contributed by atoms with E-state index in [1.54, 1.807) is 0 Å². The first-order chi connectivity index (χ1) is 7.66. The van der Waals surface area contributed by atoms with Gasteiger partial charge in [-0.25, -0.2) is 0 Å². The van der Waals surface area contributed by atoms with Gasteiger partial charge in [0.1, 0.15) is 0 Å². The van der Waals surface area contributed by atoms with Gasteiger partial charge in [-0.2, -0.15) is 0 Å². The van der Waals surface area contributed by atoms with Gasteiger partial charge < -0.3 is 10.6 Å². The van der Waals surface area contributed by atoms with E-state index in [1.165, 1.54) is 24.3 Å². The first kappa shape index (κ1) is 10.6. The van der Waals surface area contributed by atoms with Crippen molar-refractivity contribution in [2.75, 3.05) is 18.4 Å². The van der Waals surface area contributed by atoms with Crippen molar-refractivity contribution < 1.29 is 9.72 Å². The molecule has 1 amide bonds. The Bertz CT molecular complexity index is 412. The lowest BCUT2D eigenvalue weighted by Gasteiger charge is -2.25. The Morgan fingerprint density at radius 3 is 2.44 bits per heavy atom. The molecule has 1 aliphatic rings. The van der Waals surface area contributed by atoms with Crippen LogP contribution in [0.5, 0.6) is 0 Å². The summed E-state index contributed by atoms with van der Waals surface area (Å²) in [5.41, 5.74) is 0.603. The molecule has 1 fully saturated rings. The third-order valence-corrected chi connectivity index (χ3v) is 2.50. The first-order valence-corrected chi connectivity index (χ1v) is 4.93. The van der Waals surface area contributed by atoms with Crippen molar-refractivity contribution in [3.8, 4) is 0 Å². The molecule has 1 saturated heterocycles. The SMILES string of the molecule is O=C(Nc1ccc([N+](=O)[O-])cc1)C1CNC1. The van der Waals surface area contributed by atoms with Crippen molar-refractivity contribution in [1.82, 2.24) is 5.32 Å². The standard InChI is InChI=1S/C10H11N3O3/c14-10(7-5-11-6-7)12-8-1-3-9(4-2-8)13(15)16/h1-4,7,11H,5-6H2,(H,12,14). The van der Waals surface area contributed by atoms with Crippen LogP contribution in [0.2, 0.25) is 0 Å². The highest BCUT2D eigenvalue weighted by atomic mass is 16.6. The molecule has 2 N–H and O–H groups in total. The maximum Gasteiger partial charge on any atom is 0.269 e. The number of rotatable bonds is 3. The van der Waals surface area contributed by atoms with Gasteiger partial charge in [-0.05, 0) is 12.1 Å². The molecule has 1 aliphatic heterocycles. The van der Waals surface area contributed by atoms with E-state index in [2.05, 4.69) is 10.6 Å². The molecule has 1 aromatic rings. The second-order valence-electron chi connectivity index (χ2n) is 3.65. The van der Waals surface area contributed by atoms with Crippen LogP contribution in [-0.2, 0) is 4.79 Å². The summed E-state index contributed by atoms with van der Waals surface area (Å²) in [7, 11) is 0. The molecule has 0 aliphatic carbocycles. The summed E-state index contributed by atoms with van der Waals surface area (Å²) in [5.74, 6) is -0.0391. The summed E-state index contributed by atoms with van der Waals surface area (Å²) in [6, 6.07) is 5.80. The Hall–Kier alpha value is -1.95. The molecular weight excluding hydrogens is 210 g/mol. The van der Waals surface area contributed by atoms with Crippen molar-refractivity contribution in [3.05, 3.63) is 34.4 Å². The Morgan fingerprint density at radius 2 is 2.00 bits per heavy atom. The molecular formula is C10H11N3O3. The zero-order valence-electron chi connectivity index (χ0n) is 8.47. The highest BCUT2D eigenvalue weighted by Crippen LogP contribution is 2.16. The lowest BCUT2D eigenvalue weighted by Crippen LogP contribution is -2.48. The molecule has 0 aromatic heterocycles. The van der Waals surface area contributed by atoms with Crippen LogP contribution in [0, 0.1) is 16.0 Å². The summed E-state index contributed by atoms with van der Waals surface area (Å²) in [6.45, 7) is 1.39. The van der Waals surface area contributed by atoms with Crippen LogP contribution in [-0.4, -0.2) is 23.9 Å². The van der Waals surface area contributed by atoms with Crippen LogP contribution in [0.4, 0.5) is 11.4 Å². The van der Waals surface area contributed by atoms with E-state index >= 15 is 0 Å². The monoisotopic (exact) mass is 221 g/mol. The summed E-state index contributed by atoms with van der Waals surface area (Å²) in [4.78, 5) is 21.5. The number of carbonyl (C=O) groups excluding carboxylic acids is 1. The number of hydrogen-bond donors (Lipinski definition) is 2. The molecule has 6 heteroatoms. The molecule has 6 nitrogen and oxygen atoms in total. The predicted octanol–water partition coefficient (Wildman–Crippen LogP) is 0.753. The molecule has 0 bridgehead atoms. The highest BCUT2D eigenvalue weighted by Gasteiger charge is 2.24. The van der Waals surface area contributed by atoms with E-state index in [4.69, 9.17) is 0 Å². The average Bonchev–Trinajstić information content (AvgIpc) is 2.15. The summed E-state index contributed by atoms with van der Waals surface area (Å²) < 4.78 is 0. The van der Waals surface area contributed by atoms with Crippen LogP contribution in [0.1, 0.15) is 0 Å². The Labute approximate surface area is 91.8 Å². The van der Waals surface area contributed by atoms with Gasteiger partial charge in [0.15, 0.2) is 0 Å². The molecule has 1 heterocycles. The van der Waals surface area contributed by atoms with E-state index in [0.29, 0.717) is 18.8 Å². The normalized spacial score (nSPS) is 15.2. The molecule has 0 spiro atoms. The van der Waals surface area contributed by atoms with E-state index in [0.717, 1.165) is 0 Å². The van der Waals surface area contributed by atoms with Crippen LogP contribution in [0.15, 0.2) is 24.3 Å². The average molecular weight is 221 g/mol. The molecule has 84 valence electrons. The molecule has 2 rings (SSSR count). The second kappa shape index (κ2) is 4.28. The first-order valence-electron chi connectivity index (χ1n) is 4.93. The van der Waals surface area contributed by atoms with Gasteiger partial charge in [0.2, 0.25) is 5.91 Å². The van der Waals surface area contributed by atoms with Crippen molar-refractivity contribution >= 4 is 17.3 Å². The van der Waals surface area contributed by atoms with Gasteiger partial charge in [0.25, 0.3) is 5.69 Å². The van der Waals surface area contributed by atoms with Crippen molar-refractivity contribution in [1.29, 1.82) is 0 Å². The highest BCUT2D eigenvalue weighted by molar-refractivity contribution is 5.93. The van der Waals surface area contributed by atoms with E-state index in [9.17, 15) is 14.9 Å². The number of nitrogens with one attached hydrogen (secondary N) is 2. The zero-order valence-corrected chi connectivity index (χ0v) is 8.47. The van der Waals surface area contributed by atoms with E-state index in [1.807, 2.05) is 0 Å². The number of carbonyl (C=O) groups is 1. The second-order valence-corrected chi connectivity index (χ2v) is 3.65. The number of nitro benzene ring substituents is 1. The fourth-order valence-electron chi connectivity index (χ4n) is 1.38. The number of nitro groups is 1. The van der Waals surface area contributed by atoms with Gasteiger partial charge in [-0.3, -0.25) is 14.9 Å². The van der Waals surface area contributed by atoms with Crippen LogP contribution >= 0.6 is 0 Å². The van der Waals surface area contributed by atoms with E-state index < -0.39 is 4.92 Å². The minimum atomic E-state index is -0.471. The maximum absolute atomic E-state index is 11.5. The Morgan fingerprint density at radius 1 is 1.38 bits per heavy atom. The van der Waals surface area contributed by atoms with Gasteiger partial charge in [0, 0.05) is 30.9 Å². The predicted molar refractivity (Wildman–Crippen MR) is 58.1 cm³/mol. The fraction of sp³-hybridized carbons (Fsp3) is 0.300. The third-order valence-electron chi connectivity index (χ3n) is 2.50. The molecule has 0 atom stereocenters. The number of hydrogen-bond acceptors (Lipinski definition) is 4. The minimum Gasteiger partial charge on any atom is -0.326 e. The van der Waals surface area contributed by atoms with Crippen LogP contribution in [0.25, 0.3) is 0 Å². The quantitative estimate of drug-likeness (QED) is 0.582. The summed E-state index contributed by atoms with van der Waals surface area (Å²) in [6.07, 6.45) is 0. The van der Waals surface area contributed by atoms with Gasteiger partial charge in [-0.1, -0.05) is 0 Å². The number of nitrogens with zero attached hydrogens (tertiary/aromatic N) is 1. The van der Waals surface area contributed by atoms with Gasteiger partial charge in [-0.15, -0.1) is 0 Å². The summed E-state index contributed by atoms with van der Waals surface area (Å²) in [5, 5.41) is 16.1. The van der Waals surface area contributed by atoms with Crippen molar-refractivity contribution in [2.45, 2.75) is 0 Å². The fourth-order valence-corrected chi connectivity index (χ4v) is 1.38. The van der Waals surface area contributed by atoms with Crippen LogP contribution < -0.4 is 10.6 Å². The number of benzene rings is 1. The summed E-state index contributed by atoms with van der Waals surface area (Å²) >= 11 is 0. The maximum atomic E-state index is 11.5. The van der Waals surface area contributed by atoms with Gasteiger partial charge in [0.05, 0.1) is 10.8 Å². The van der Waals surface area contributed by atoms with Crippen LogP contribution in [0.3, 0.4) is 0 Å². The van der Waals surface area contributed by atoms with Crippen molar-refractivity contribution in [3.63, 3.8) is 0 Å². The number of anilines is 1. The molecule has 16 heavy (non-hydrogen) atoms. The lowest BCUT2D eigenvalue weighted by atomic mass is 10.0. The smallest absolute Gasteiger partial charge is 0.269 e. The molecule has 0 saturated carbocycles. The van der Waals surface area contributed by atoms with Gasteiger partial charge >= 0.3 is 0 Å². The van der Waals surface area contributed by atoms with E-state index in [-0.39, 0.29) is 17.5 Å². The molecule has 1 aromatic carbocycles. The van der Waals surface area contributed by atoms with Crippen molar-refractivity contribution in [2.24, 2.45) is 5.92 Å². The Kier molecular flexibility index (Phi) is 2.82. The minimum absolute atomic E-state index is 0.00944. The molecule has 0 radical (unpaired) electrons. The number of amides is 1. The lowest BCUT2D eigenvalue weighted by molar-refractivity contribution is -0.384. The topological polar surface area (TPSA) is 84.3 Å². The largest absolute Gasteiger partial charge is 0.326 e.